The molecule has 2 rings (SSSR count). The highest BCUT2D eigenvalue weighted by Gasteiger charge is 2.38. The maximum absolute atomic E-state index is 12.7. The number of amides is 2. The van der Waals surface area contributed by atoms with Gasteiger partial charge in [0.15, 0.2) is 0 Å². The van der Waals surface area contributed by atoms with Crippen molar-refractivity contribution >= 4 is 12.0 Å². The topological polar surface area (TPSA) is 82.1 Å². The Bertz CT molecular complexity index is 477. The Hall–Kier alpha value is -1.34. The van der Waals surface area contributed by atoms with E-state index in [4.69, 9.17) is 9.84 Å². The fourth-order valence-corrected chi connectivity index (χ4v) is 3.97. The number of likely N-dealkylation sites (N-methyl/N-ethyl adjacent to an activating group) is 1. The summed E-state index contributed by atoms with van der Waals surface area (Å²) in [6, 6.07) is 0.601. The highest BCUT2D eigenvalue weighted by Crippen LogP contribution is 2.29. The van der Waals surface area contributed by atoms with Crippen LogP contribution in [-0.4, -0.2) is 76.9 Å². The number of ether oxygens (including phenoxy) is 1. The van der Waals surface area contributed by atoms with E-state index in [0.29, 0.717) is 13.2 Å². The summed E-state index contributed by atoms with van der Waals surface area (Å²) >= 11 is 0. The zero-order valence-electron chi connectivity index (χ0n) is 16.0. The Morgan fingerprint density at radius 2 is 1.88 bits per heavy atom. The lowest BCUT2D eigenvalue weighted by molar-refractivity contribution is -0.139. The molecule has 0 bridgehead atoms. The van der Waals surface area contributed by atoms with Crippen LogP contribution in [0.25, 0.3) is 0 Å². The molecule has 1 aliphatic heterocycles. The molecule has 25 heavy (non-hydrogen) atoms. The van der Waals surface area contributed by atoms with Gasteiger partial charge in [-0.25, -0.2) is 4.79 Å². The molecule has 1 aliphatic carbocycles. The first-order valence-electron chi connectivity index (χ1n) is 9.42. The van der Waals surface area contributed by atoms with Crippen LogP contribution in [0.15, 0.2) is 0 Å². The van der Waals surface area contributed by atoms with E-state index < -0.39 is 5.97 Å². The van der Waals surface area contributed by atoms with E-state index in [2.05, 4.69) is 19.2 Å². The predicted octanol–water partition coefficient (Wildman–Crippen LogP) is 1.91. The zero-order valence-corrected chi connectivity index (χ0v) is 16.0. The van der Waals surface area contributed by atoms with Crippen molar-refractivity contribution in [1.82, 2.24) is 15.1 Å². The minimum Gasteiger partial charge on any atom is -0.480 e. The number of carboxylic acids is 1. The fourth-order valence-electron chi connectivity index (χ4n) is 3.97. The van der Waals surface area contributed by atoms with Crippen LogP contribution in [0.4, 0.5) is 4.79 Å². The Kier molecular flexibility index (Phi) is 6.68. The molecule has 2 aliphatic rings. The van der Waals surface area contributed by atoms with Gasteiger partial charge in [-0.3, -0.25) is 9.69 Å². The minimum atomic E-state index is -0.798. The van der Waals surface area contributed by atoms with Crippen molar-refractivity contribution < 1.29 is 19.4 Å². The second-order valence-corrected chi connectivity index (χ2v) is 7.77. The second kappa shape index (κ2) is 8.36. The van der Waals surface area contributed by atoms with Gasteiger partial charge < -0.3 is 20.1 Å². The Balaban J connectivity index is 1.82. The first kappa shape index (κ1) is 20.0. The molecule has 0 radical (unpaired) electrons. The first-order chi connectivity index (χ1) is 11.8. The van der Waals surface area contributed by atoms with Gasteiger partial charge in [0.1, 0.15) is 0 Å². The van der Waals surface area contributed by atoms with Gasteiger partial charge in [0.2, 0.25) is 0 Å². The lowest BCUT2D eigenvalue weighted by Crippen LogP contribution is -2.58. The molecule has 0 spiro atoms. The van der Waals surface area contributed by atoms with E-state index in [9.17, 15) is 9.59 Å². The largest absolute Gasteiger partial charge is 0.480 e. The molecule has 1 saturated heterocycles. The van der Waals surface area contributed by atoms with Gasteiger partial charge in [-0.15, -0.1) is 0 Å². The second-order valence-electron chi connectivity index (χ2n) is 7.77. The van der Waals surface area contributed by atoms with Crippen LogP contribution in [-0.2, 0) is 9.53 Å². The van der Waals surface area contributed by atoms with Gasteiger partial charge in [0, 0.05) is 31.3 Å². The number of carbonyl (C=O) groups excluding carboxylic acids is 1. The van der Waals surface area contributed by atoms with E-state index in [-0.39, 0.29) is 36.3 Å². The number of hydrogen-bond donors (Lipinski definition) is 2. The standard InChI is InChI=1S/C18H33N3O4/c1-5-20(12-16(22)23)15-9-13(10-15)19-17(24)21(6-2)14-7-8-25-18(3,4)11-14/h13-15H,5-12H2,1-4H3,(H,19,24)(H,22,23). The number of hydrogen-bond acceptors (Lipinski definition) is 4. The number of nitrogens with zero attached hydrogens (tertiary/aromatic N) is 2. The molecule has 1 saturated carbocycles. The molecule has 0 aromatic heterocycles. The molecular weight excluding hydrogens is 322 g/mol. The van der Waals surface area contributed by atoms with Gasteiger partial charge in [0.05, 0.1) is 12.1 Å². The third kappa shape index (κ3) is 5.31. The highest BCUT2D eigenvalue weighted by molar-refractivity contribution is 5.75. The van der Waals surface area contributed by atoms with E-state index in [1.54, 1.807) is 0 Å². The molecular formula is C18H33N3O4. The van der Waals surface area contributed by atoms with E-state index >= 15 is 0 Å². The molecule has 7 nitrogen and oxygen atoms in total. The molecule has 2 fully saturated rings. The maximum atomic E-state index is 12.7. The average Bonchev–Trinajstić information content (AvgIpc) is 2.48. The van der Waals surface area contributed by atoms with Gasteiger partial charge >= 0.3 is 12.0 Å². The lowest BCUT2D eigenvalue weighted by atomic mass is 9.85. The number of carboxylic acid groups (broad SMARTS) is 1. The summed E-state index contributed by atoms with van der Waals surface area (Å²) in [5, 5.41) is 12.1. The van der Waals surface area contributed by atoms with E-state index in [1.807, 2.05) is 23.6 Å². The zero-order chi connectivity index (χ0) is 18.6. The molecule has 144 valence electrons. The van der Waals surface area contributed by atoms with Crippen molar-refractivity contribution in [2.75, 3.05) is 26.2 Å². The summed E-state index contributed by atoms with van der Waals surface area (Å²) in [4.78, 5) is 27.5. The quantitative estimate of drug-likeness (QED) is 0.729. The van der Waals surface area contributed by atoms with Crippen molar-refractivity contribution in [1.29, 1.82) is 0 Å². The van der Waals surface area contributed by atoms with Crippen molar-refractivity contribution in [3.05, 3.63) is 0 Å². The summed E-state index contributed by atoms with van der Waals surface area (Å²) in [6.07, 6.45) is 3.37. The summed E-state index contributed by atoms with van der Waals surface area (Å²) in [5.74, 6) is -0.798. The van der Waals surface area contributed by atoms with Crippen LogP contribution in [0.1, 0.15) is 53.4 Å². The van der Waals surface area contributed by atoms with Crippen LogP contribution in [0.5, 0.6) is 0 Å². The summed E-state index contributed by atoms with van der Waals surface area (Å²) in [5.41, 5.74) is -0.184. The minimum absolute atomic E-state index is 0.00469. The molecule has 2 N–H and O–H groups in total. The van der Waals surface area contributed by atoms with Crippen molar-refractivity contribution in [3.63, 3.8) is 0 Å². The van der Waals surface area contributed by atoms with Crippen LogP contribution in [0.2, 0.25) is 0 Å². The monoisotopic (exact) mass is 355 g/mol. The molecule has 0 aromatic carbocycles. The summed E-state index contributed by atoms with van der Waals surface area (Å²) in [7, 11) is 0. The number of carbonyl (C=O) groups is 2. The third-order valence-corrected chi connectivity index (χ3v) is 5.42. The maximum Gasteiger partial charge on any atom is 0.317 e. The molecule has 1 atom stereocenters. The molecule has 2 amide bonds. The van der Waals surface area contributed by atoms with Crippen molar-refractivity contribution in [2.24, 2.45) is 0 Å². The van der Waals surface area contributed by atoms with Gasteiger partial charge in [-0.2, -0.15) is 0 Å². The predicted molar refractivity (Wildman–Crippen MR) is 95.7 cm³/mol. The van der Waals surface area contributed by atoms with Crippen LogP contribution in [0.3, 0.4) is 0 Å². The van der Waals surface area contributed by atoms with Gasteiger partial charge in [-0.1, -0.05) is 6.92 Å². The molecule has 7 heteroatoms. The molecule has 1 heterocycles. The van der Waals surface area contributed by atoms with Crippen molar-refractivity contribution in [2.45, 2.75) is 77.1 Å². The van der Waals surface area contributed by atoms with Crippen molar-refractivity contribution in [3.8, 4) is 0 Å². The number of nitrogens with one attached hydrogen (secondary N) is 1. The SMILES string of the molecule is CCN(CC(=O)O)C1CC(NC(=O)N(CC)C2CCOC(C)(C)C2)C1. The van der Waals surface area contributed by atoms with E-state index in [0.717, 1.165) is 32.2 Å². The van der Waals surface area contributed by atoms with Crippen LogP contribution in [0, 0.1) is 0 Å². The Labute approximate surface area is 150 Å². The van der Waals surface area contributed by atoms with Crippen LogP contribution < -0.4 is 5.32 Å². The number of urea groups is 1. The smallest absolute Gasteiger partial charge is 0.317 e. The van der Waals surface area contributed by atoms with Gasteiger partial charge in [0.25, 0.3) is 0 Å². The summed E-state index contributed by atoms with van der Waals surface area (Å²) < 4.78 is 5.76. The number of aliphatic carboxylic acids is 1. The normalized spacial score (nSPS) is 28.3. The molecule has 1 unspecified atom stereocenters. The fraction of sp³-hybridized carbons (Fsp3) is 0.889. The van der Waals surface area contributed by atoms with E-state index in [1.165, 1.54) is 0 Å². The van der Waals surface area contributed by atoms with Gasteiger partial charge in [-0.05, 0) is 53.0 Å². The first-order valence-corrected chi connectivity index (χ1v) is 9.42. The van der Waals surface area contributed by atoms with Crippen LogP contribution >= 0.6 is 0 Å². The lowest BCUT2D eigenvalue weighted by Gasteiger charge is -2.44. The Morgan fingerprint density at radius 3 is 2.40 bits per heavy atom. The highest BCUT2D eigenvalue weighted by atomic mass is 16.5. The number of rotatable bonds is 7. The summed E-state index contributed by atoms with van der Waals surface area (Å²) in [6.45, 7) is 10.3. The third-order valence-electron chi connectivity index (χ3n) is 5.42. The average molecular weight is 355 g/mol. The molecule has 0 aromatic rings. The Morgan fingerprint density at radius 1 is 1.20 bits per heavy atom.